The maximum atomic E-state index is 12.0. The van der Waals surface area contributed by atoms with Crippen molar-refractivity contribution >= 4 is 17.3 Å². The van der Waals surface area contributed by atoms with Crippen LogP contribution < -0.4 is 10.9 Å². The van der Waals surface area contributed by atoms with Crippen LogP contribution in [0, 0.1) is 6.92 Å². The van der Waals surface area contributed by atoms with E-state index in [0.29, 0.717) is 25.4 Å². The van der Waals surface area contributed by atoms with E-state index in [1.54, 1.807) is 13.3 Å². The van der Waals surface area contributed by atoms with Gasteiger partial charge in [-0.2, -0.15) is 5.10 Å². The van der Waals surface area contributed by atoms with E-state index in [0.717, 1.165) is 5.56 Å². The van der Waals surface area contributed by atoms with E-state index in [4.69, 9.17) is 16.3 Å². The molecule has 112 valence electrons. The Balaban J connectivity index is 2.08. The second-order valence-electron chi connectivity index (χ2n) is 4.73. The highest BCUT2D eigenvalue weighted by Gasteiger charge is 2.08. The fraction of sp³-hybridized carbons (Fsp3) is 0.333. The summed E-state index contributed by atoms with van der Waals surface area (Å²) in [5.41, 5.74) is 2.54. The summed E-state index contributed by atoms with van der Waals surface area (Å²) in [5, 5.41) is 7.36. The molecule has 0 radical (unpaired) electrons. The van der Waals surface area contributed by atoms with Gasteiger partial charge in [0, 0.05) is 13.7 Å². The zero-order valence-electron chi connectivity index (χ0n) is 12.1. The van der Waals surface area contributed by atoms with E-state index in [9.17, 15) is 4.79 Å². The lowest BCUT2D eigenvalue weighted by Gasteiger charge is -2.10. The molecular formula is C15H18ClN3O2. The SMILES string of the molecule is COCCn1ncc(NCc2ccc(C)cc2)c(Cl)c1=O. The summed E-state index contributed by atoms with van der Waals surface area (Å²) in [6.45, 7) is 3.42. The third-order valence-corrected chi connectivity index (χ3v) is 3.46. The average molecular weight is 308 g/mol. The molecule has 1 aromatic heterocycles. The first-order valence-corrected chi connectivity index (χ1v) is 7.03. The van der Waals surface area contributed by atoms with Crippen LogP contribution in [0.1, 0.15) is 11.1 Å². The van der Waals surface area contributed by atoms with Crippen molar-refractivity contribution in [1.29, 1.82) is 0 Å². The molecule has 5 nitrogen and oxygen atoms in total. The first-order valence-electron chi connectivity index (χ1n) is 6.66. The molecule has 0 aliphatic carbocycles. The van der Waals surface area contributed by atoms with Crippen LogP contribution in [0.15, 0.2) is 35.3 Å². The molecule has 0 bridgehead atoms. The van der Waals surface area contributed by atoms with Crippen LogP contribution in [0.5, 0.6) is 0 Å². The number of anilines is 1. The monoisotopic (exact) mass is 307 g/mol. The number of nitrogens with zero attached hydrogens (tertiary/aromatic N) is 2. The van der Waals surface area contributed by atoms with Gasteiger partial charge in [-0.05, 0) is 12.5 Å². The molecule has 0 fully saturated rings. The van der Waals surface area contributed by atoms with Gasteiger partial charge in [0.2, 0.25) is 0 Å². The highest BCUT2D eigenvalue weighted by molar-refractivity contribution is 6.32. The van der Waals surface area contributed by atoms with Crippen LogP contribution in [-0.2, 0) is 17.8 Å². The minimum atomic E-state index is -0.317. The Morgan fingerprint density at radius 2 is 2.05 bits per heavy atom. The number of benzene rings is 1. The third kappa shape index (κ3) is 4.06. The van der Waals surface area contributed by atoms with Gasteiger partial charge in [0.25, 0.3) is 5.56 Å². The number of nitrogens with one attached hydrogen (secondary N) is 1. The van der Waals surface area contributed by atoms with Crippen molar-refractivity contribution in [2.24, 2.45) is 0 Å². The standard InChI is InChI=1S/C15H18ClN3O2/c1-11-3-5-12(6-4-11)9-17-13-10-18-19(7-8-21-2)15(20)14(13)16/h3-6,10,17H,7-9H2,1-2H3. The van der Waals surface area contributed by atoms with Crippen molar-refractivity contribution in [1.82, 2.24) is 9.78 Å². The molecule has 6 heteroatoms. The van der Waals surface area contributed by atoms with Crippen molar-refractivity contribution < 1.29 is 4.74 Å². The molecule has 0 unspecified atom stereocenters. The second kappa shape index (κ2) is 7.24. The molecule has 0 aliphatic rings. The molecule has 0 atom stereocenters. The minimum absolute atomic E-state index is 0.146. The predicted octanol–water partition coefficient (Wildman–Crippen LogP) is 2.46. The Bertz CT molecular complexity index is 653. The largest absolute Gasteiger partial charge is 0.383 e. The Labute approximate surface area is 128 Å². The van der Waals surface area contributed by atoms with Gasteiger partial charge < -0.3 is 10.1 Å². The summed E-state index contributed by atoms with van der Waals surface area (Å²) in [6.07, 6.45) is 1.56. The first-order chi connectivity index (χ1) is 10.1. The summed E-state index contributed by atoms with van der Waals surface area (Å²) in [6, 6.07) is 8.14. The molecule has 0 saturated carbocycles. The molecule has 2 rings (SSSR count). The van der Waals surface area contributed by atoms with Crippen LogP contribution in [-0.4, -0.2) is 23.5 Å². The van der Waals surface area contributed by atoms with E-state index in [-0.39, 0.29) is 10.6 Å². The van der Waals surface area contributed by atoms with Gasteiger partial charge in [-0.1, -0.05) is 41.4 Å². The van der Waals surface area contributed by atoms with E-state index in [2.05, 4.69) is 10.4 Å². The molecule has 1 heterocycles. The molecule has 21 heavy (non-hydrogen) atoms. The van der Waals surface area contributed by atoms with E-state index < -0.39 is 0 Å². The fourth-order valence-corrected chi connectivity index (χ4v) is 2.04. The number of hydrogen-bond donors (Lipinski definition) is 1. The maximum absolute atomic E-state index is 12.0. The third-order valence-electron chi connectivity index (χ3n) is 3.10. The highest BCUT2D eigenvalue weighted by Crippen LogP contribution is 2.16. The van der Waals surface area contributed by atoms with Crippen molar-refractivity contribution in [3.8, 4) is 0 Å². The van der Waals surface area contributed by atoms with Gasteiger partial charge in [0.15, 0.2) is 0 Å². The maximum Gasteiger partial charge on any atom is 0.287 e. The Hall–Kier alpha value is -1.85. The molecule has 1 N–H and O–H groups in total. The summed E-state index contributed by atoms with van der Waals surface area (Å²) >= 11 is 6.09. The van der Waals surface area contributed by atoms with Gasteiger partial charge in [0.05, 0.1) is 25.0 Å². The molecule has 1 aromatic carbocycles. The van der Waals surface area contributed by atoms with Crippen molar-refractivity contribution in [3.05, 3.63) is 57.0 Å². The summed E-state index contributed by atoms with van der Waals surface area (Å²) < 4.78 is 6.22. The molecular weight excluding hydrogens is 290 g/mol. The van der Waals surface area contributed by atoms with E-state index in [1.807, 2.05) is 31.2 Å². The molecule has 0 aliphatic heterocycles. The van der Waals surface area contributed by atoms with Crippen LogP contribution in [0.25, 0.3) is 0 Å². The normalized spacial score (nSPS) is 10.6. The first kappa shape index (κ1) is 15.5. The van der Waals surface area contributed by atoms with Gasteiger partial charge in [-0.15, -0.1) is 0 Å². The molecule has 0 amide bonds. The summed E-state index contributed by atoms with van der Waals surface area (Å²) in [5.74, 6) is 0. The summed E-state index contributed by atoms with van der Waals surface area (Å²) in [4.78, 5) is 12.0. The zero-order chi connectivity index (χ0) is 15.2. The van der Waals surface area contributed by atoms with E-state index >= 15 is 0 Å². The van der Waals surface area contributed by atoms with Crippen molar-refractivity contribution in [2.75, 3.05) is 19.0 Å². The highest BCUT2D eigenvalue weighted by atomic mass is 35.5. The van der Waals surface area contributed by atoms with Crippen molar-refractivity contribution in [2.45, 2.75) is 20.0 Å². The fourth-order valence-electron chi connectivity index (χ4n) is 1.83. The average Bonchev–Trinajstić information content (AvgIpc) is 2.49. The predicted molar refractivity (Wildman–Crippen MR) is 83.9 cm³/mol. The number of aryl methyl sites for hydroxylation is 1. The number of aromatic nitrogens is 2. The zero-order valence-corrected chi connectivity index (χ0v) is 12.9. The number of methoxy groups -OCH3 is 1. The topological polar surface area (TPSA) is 56.1 Å². The molecule has 2 aromatic rings. The lowest BCUT2D eigenvalue weighted by atomic mass is 10.1. The summed E-state index contributed by atoms with van der Waals surface area (Å²) in [7, 11) is 1.57. The number of hydrogen-bond acceptors (Lipinski definition) is 4. The van der Waals surface area contributed by atoms with Gasteiger partial charge in [0.1, 0.15) is 5.02 Å². The quantitative estimate of drug-likeness (QED) is 0.890. The van der Waals surface area contributed by atoms with E-state index in [1.165, 1.54) is 10.2 Å². The molecule has 0 saturated heterocycles. The Kier molecular flexibility index (Phi) is 5.36. The van der Waals surface area contributed by atoms with Crippen molar-refractivity contribution in [3.63, 3.8) is 0 Å². The van der Waals surface area contributed by atoms with Gasteiger partial charge in [-0.3, -0.25) is 4.79 Å². The van der Waals surface area contributed by atoms with Crippen LogP contribution >= 0.6 is 11.6 Å². The number of rotatable bonds is 6. The number of ether oxygens (including phenoxy) is 1. The van der Waals surface area contributed by atoms with Gasteiger partial charge >= 0.3 is 0 Å². The van der Waals surface area contributed by atoms with Crippen LogP contribution in [0.4, 0.5) is 5.69 Å². The number of halogens is 1. The smallest absolute Gasteiger partial charge is 0.287 e. The lowest BCUT2D eigenvalue weighted by Crippen LogP contribution is -2.26. The van der Waals surface area contributed by atoms with Crippen LogP contribution in [0.3, 0.4) is 0 Å². The minimum Gasteiger partial charge on any atom is -0.383 e. The Morgan fingerprint density at radius 3 is 2.71 bits per heavy atom. The second-order valence-corrected chi connectivity index (χ2v) is 5.11. The van der Waals surface area contributed by atoms with Crippen LogP contribution in [0.2, 0.25) is 5.02 Å². The lowest BCUT2D eigenvalue weighted by molar-refractivity contribution is 0.182. The molecule has 0 spiro atoms. The van der Waals surface area contributed by atoms with Gasteiger partial charge in [-0.25, -0.2) is 4.68 Å². The Morgan fingerprint density at radius 1 is 1.33 bits per heavy atom.